The summed E-state index contributed by atoms with van der Waals surface area (Å²) in [6, 6.07) is 14.1. The topological polar surface area (TPSA) is 47.6 Å². The molecular formula is C27H22F6N2. The minimum Gasteiger partial charge on any atom is -0.192 e. The van der Waals surface area contributed by atoms with E-state index in [1.54, 1.807) is 6.07 Å². The van der Waals surface area contributed by atoms with Crippen LogP contribution in [0.25, 0.3) is 21.9 Å². The van der Waals surface area contributed by atoms with Crippen molar-refractivity contribution < 1.29 is 26.3 Å². The highest BCUT2D eigenvalue weighted by molar-refractivity contribution is 6.01. The van der Waals surface area contributed by atoms with Crippen molar-refractivity contribution in [2.75, 3.05) is 0 Å². The standard InChI is InChI=1S/C27H22F6N2/c1-2-3-4-5-17-6-7-20-12-22(15-34)24(16-35)25(23(20)11-17)21-9-18(13-26(28,29)30)8-19(10-21)14-27(31,32)33/h6-12H,2-5,13-14H2,1H3. The zero-order valence-electron chi connectivity index (χ0n) is 18.9. The molecule has 0 heterocycles. The van der Waals surface area contributed by atoms with Crippen LogP contribution in [0.2, 0.25) is 0 Å². The molecule has 0 N–H and O–H groups in total. The maximum Gasteiger partial charge on any atom is 0.393 e. The number of unbranched alkanes of at least 4 members (excludes halogenated alkanes) is 2. The number of aryl methyl sites for hydroxylation is 1. The monoisotopic (exact) mass is 488 g/mol. The van der Waals surface area contributed by atoms with Gasteiger partial charge in [-0.1, -0.05) is 56.2 Å². The lowest BCUT2D eigenvalue weighted by atomic mass is 9.87. The first-order chi connectivity index (χ1) is 16.4. The number of benzene rings is 3. The van der Waals surface area contributed by atoms with Crippen molar-refractivity contribution in [3.63, 3.8) is 0 Å². The maximum absolute atomic E-state index is 13.1. The summed E-state index contributed by atoms with van der Waals surface area (Å²) in [7, 11) is 0. The summed E-state index contributed by atoms with van der Waals surface area (Å²) >= 11 is 0. The van der Waals surface area contributed by atoms with E-state index in [1.165, 1.54) is 6.07 Å². The number of alkyl halides is 6. The van der Waals surface area contributed by atoms with E-state index in [9.17, 15) is 36.9 Å². The smallest absolute Gasteiger partial charge is 0.192 e. The van der Waals surface area contributed by atoms with E-state index in [4.69, 9.17) is 0 Å². The van der Waals surface area contributed by atoms with Crippen LogP contribution in [0.5, 0.6) is 0 Å². The van der Waals surface area contributed by atoms with Crippen LogP contribution in [0.3, 0.4) is 0 Å². The first-order valence-electron chi connectivity index (χ1n) is 11.1. The second-order valence-electron chi connectivity index (χ2n) is 8.53. The van der Waals surface area contributed by atoms with Gasteiger partial charge in [-0.15, -0.1) is 0 Å². The van der Waals surface area contributed by atoms with Gasteiger partial charge in [0.15, 0.2) is 0 Å². The van der Waals surface area contributed by atoms with E-state index < -0.39 is 25.2 Å². The molecule has 0 atom stereocenters. The molecule has 182 valence electrons. The molecule has 8 heteroatoms. The molecule has 0 saturated carbocycles. The number of nitriles is 2. The van der Waals surface area contributed by atoms with Gasteiger partial charge in [-0.05, 0) is 51.9 Å². The summed E-state index contributed by atoms with van der Waals surface area (Å²) in [5, 5.41) is 20.5. The predicted molar refractivity (Wildman–Crippen MR) is 122 cm³/mol. The fourth-order valence-corrected chi connectivity index (χ4v) is 4.26. The van der Waals surface area contributed by atoms with Crippen molar-refractivity contribution in [2.24, 2.45) is 0 Å². The van der Waals surface area contributed by atoms with Gasteiger partial charge in [-0.3, -0.25) is 0 Å². The normalized spacial score (nSPS) is 11.9. The maximum atomic E-state index is 13.1. The molecule has 0 spiro atoms. The molecule has 0 amide bonds. The second kappa shape index (κ2) is 10.4. The third-order valence-electron chi connectivity index (χ3n) is 5.66. The fraction of sp³-hybridized carbons (Fsp3) is 0.333. The van der Waals surface area contributed by atoms with Crippen LogP contribution in [-0.4, -0.2) is 12.4 Å². The predicted octanol–water partition coefficient (Wildman–Crippen LogP) is 8.19. The van der Waals surface area contributed by atoms with Crippen molar-refractivity contribution in [1.29, 1.82) is 10.5 Å². The third-order valence-corrected chi connectivity index (χ3v) is 5.66. The highest BCUT2D eigenvalue weighted by Crippen LogP contribution is 2.38. The first kappa shape index (κ1) is 26.1. The lowest BCUT2D eigenvalue weighted by Crippen LogP contribution is -2.14. The Labute approximate surface area is 199 Å². The molecule has 0 aliphatic carbocycles. The van der Waals surface area contributed by atoms with Gasteiger partial charge in [0, 0.05) is 5.56 Å². The molecule has 3 aromatic carbocycles. The zero-order valence-corrected chi connectivity index (χ0v) is 18.9. The van der Waals surface area contributed by atoms with Crippen molar-refractivity contribution >= 4 is 10.8 Å². The van der Waals surface area contributed by atoms with Crippen LogP contribution in [0.15, 0.2) is 42.5 Å². The SMILES string of the molecule is CCCCCc1ccc2cc(C#N)c(C#N)c(-c3cc(CC(F)(F)F)cc(CC(F)(F)F)c3)c2c1. The Morgan fingerprint density at radius 3 is 1.89 bits per heavy atom. The van der Waals surface area contributed by atoms with Crippen LogP contribution >= 0.6 is 0 Å². The van der Waals surface area contributed by atoms with Gasteiger partial charge in [0.25, 0.3) is 0 Å². The van der Waals surface area contributed by atoms with E-state index in [0.717, 1.165) is 49.4 Å². The summed E-state index contributed by atoms with van der Waals surface area (Å²) in [5.74, 6) is 0. The molecule has 0 fully saturated rings. The number of nitrogens with zero attached hydrogens (tertiary/aromatic N) is 2. The van der Waals surface area contributed by atoms with Gasteiger partial charge >= 0.3 is 12.4 Å². The largest absolute Gasteiger partial charge is 0.393 e. The summed E-state index contributed by atoms with van der Waals surface area (Å²) in [6.45, 7) is 2.06. The molecule has 2 nitrogen and oxygen atoms in total. The second-order valence-corrected chi connectivity index (χ2v) is 8.53. The van der Waals surface area contributed by atoms with Gasteiger partial charge in [0.2, 0.25) is 0 Å². The average Bonchev–Trinajstić information content (AvgIpc) is 2.75. The van der Waals surface area contributed by atoms with Crippen LogP contribution < -0.4 is 0 Å². The van der Waals surface area contributed by atoms with Gasteiger partial charge in [-0.25, -0.2) is 0 Å². The highest BCUT2D eigenvalue weighted by Gasteiger charge is 2.31. The van der Waals surface area contributed by atoms with Gasteiger partial charge < -0.3 is 0 Å². The molecule has 0 radical (unpaired) electrons. The Kier molecular flexibility index (Phi) is 7.75. The van der Waals surface area contributed by atoms with Crippen LogP contribution in [-0.2, 0) is 19.3 Å². The molecule has 35 heavy (non-hydrogen) atoms. The molecule has 3 aromatic rings. The summed E-state index contributed by atoms with van der Waals surface area (Å²) in [4.78, 5) is 0. The summed E-state index contributed by atoms with van der Waals surface area (Å²) in [5.41, 5.74) is 0.408. The number of fused-ring (bicyclic) bond motifs is 1. The summed E-state index contributed by atoms with van der Waals surface area (Å²) in [6.07, 6.45) is -8.42. The fourth-order valence-electron chi connectivity index (χ4n) is 4.26. The molecule has 3 rings (SSSR count). The molecule has 0 unspecified atom stereocenters. The zero-order chi connectivity index (χ0) is 25.8. The molecule has 0 aromatic heterocycles. The molecule has 0 bridgehead atoms. The van der Waals surface area contributed by atoms with Crippen LogP contribution in [0.4, 0.5) is 26.3 Å². The van der Waals surface area contributed by atoms with E-state index >= 15 is 0 Å². The van der Waals surface area contributed by atoms with Crippen LogP contribution in [0.1, 0.15) is 54.0 Å². The Morgan fingerprint density at radius 2 is 1.37 bits per heavy atom. The van der Waals surface area contributed by atoms with Gasteiger partial charge in [-0.2, -0.15) is 36.9 Å². The number of rotatable bonds is 7. The molecular weight excluding hydrogens is 466 g/mol. The van der Waals surface area contributed by atoms with Crippen molar-refractivity contribution in [3.8, 4) is 23.3 Å². The number of hydrogen-bond donors (Lipinski definition) is 0. The Morgan fingerprint density at radius 1 is 0.743 bits per heavy atom. The van der Waals surface area contributed by atoms with Gasteiger partial charge in [0.1, 0.15) is 12.1 Å². The molecule has 0 aliphatic heterocycles. The third kappa shape index (κ3) is 6.76. The van der Waals surface area contributed by atoms with E-state index in [2.05, 4.69) is 6.92 Å². The van der Waals surface area contributed by atoms with E-state index in [-0.39, 0.29) is 33.4 Å². The lowest BCUT2D eigenvalue weighted by Gasteiger charge is -2.17. The Balaban J connectivity index is 2.32. The highest BCUT2D eigenvalue weighted by atomic mass is 19.4. The van der Waals surface area contributed by atoms with Crippen molar-refractivity contribution in [2.45, 2.75) is 57.8 Å². The quantitative estimate of drug-likeness (QED) is 0.249. The van der Waals surface area contributed by atoms with E-state index in [0.29, 0.717) is 10.8 Å². The summed E-state index contributed by atoms with van der Waals surface area (Å²) < 4.78 is 78.9. The van der Waals surface area contributed by atoms with Crippen molar-refractivity contribution in [1.82, 2.24) is 0 Å². The van der Waals surface area contributed by atoms with Crippen molar-refractivity contribution in [3.05, 3.63) is 70.3 Å². The minimum atomic E-state index is -4.63. The Bertz CT molecular complexity index is 1270. The van der Waals surface area contributed by atoms with E-state index in [1.807, 2.05) is 24.3 Å². The Hall–Kier alpha value is -3.52. The molecule has 0 aliphatic rings. The molecule has 0 saturated heterocycles. The lowest BCUT2D eigenvalue weighted by molar-refractivity contribution is -0.127. The van der Waals surface area contributed by atoms with Gasteiger partial charge in [0.05, 0.1) is 24.0 Å². The van der Waals surface area contributed by atoms with Crippen LogP contribution in [0, 0.1) is 22.7 Å². The number of hydrogen-bond acceptors (Lipinski definition) is 2. The first-order valence-corrected chi connectivity index (χ1v) is 11.1. The number of halogens is 6. The minimum absolute atomic E-state index is 0.00679. The average molecular weight is 488 g/mol.